The Morgan fingerprint density at radius 2 is 1.88 bits per heavy atom. The summed E-state index contributed by atoms with van der Waals surface area (Å²) in [7, 11) is 0. The average molecular weight is 448 g/mol. The van der Waals surface area contributed by atoms with Crippen molar-refractivity contribution >= 4 is 17.6 Å². The highest BCUT2D eigenvalue weighted by Crippen LogP contribution is 2.12. The van der Waals surface area contributed by atoms with Gasteiger partial charge in [-0.1, -0.05) is 44.2 Å². The van der Waals surface area contributed by atoms with Gasteiger partial charge >= 0.3 is 0 Å². The summed E-state index contributed by atoms with van der Waals surface area (Å²) in [5.74, 6) is -1.35. The molecule has 1 aliphatic rings. The number of rotatable bonds is 11. The fourth-order valence-electron chi connectivity index (χ4n) is 3.78. The number of nitrogens with two attached hydrogens (primary N) is 1. The number of aliphatic hydroxyl groups is 1. The van der Waals surface area contributed by atoms with Crippen molar-refractivity contribution in [1.29, 1.82) is 0 Å². The van der Waals surface area contributed by atoms with Crippen LogP contribution in [0.5, 0.6) is 0 Å². The van der Waals surface area contributed by atoms with Crippen LogP contribution in [0.4, 0.5) is 0 Å². The van der Waals surface area contributed by atoms with Crippen LogP contribution < -0.4 is 21.7 Å². The minimum Gasteiger partial charge on any atom is -0.391 e. The first-order valence-electron chi connectivity index (χ1n) is 11.3. The zero-order valence-corrected chi connectivity index (χ0v) is 19.2. The molecule has 32 heavy (non-hydrogen) atoms. The number of amides is 2. The van der Waals surface area contributed by atoms with Crippen molar-refractivity contribution in [3.05, 3.63) is 35.9 Å². The van der Waals surface area contributed by atoms with Gasteiger partial charge in [0.15, 0.2) is 5.78 Å². The van der Waals surface area contributed by atoms with Crippen molar-refractivity contribution in [3.63, 3.8) is 0 Å². The molecule has 0 unspecified atom stereocenters. The quantitative estimate of drug-likeness (QED) is 0.305. The largest absolute Gasteiger partial charge is 0.391 e. The molecule has 2 amide bonds. The molecule has 9 heteroatoms. The number of carbonyl (C=O) groups is 3. The van der Waals surface area contributed by atoms with E-state index in [2.05, 4.69) is 20.9 Å². The number of Topliss-reactive ketones (excluding diaryl/α,β-unsaturated/α-hetero) is 1. The number of hydrogen-bond acceptors (Lipinski definition) is 7. The summed E-state index contributed by atoms with van der Waals surface area (Å²) in [6.07, 6.45) is -0.841. The molecular formula is C23H37N5O4. The summed E-state index contributed by atoms with van der Waals surface area (Å²) in [5.41, 5.74) is 6.69. The molecule has 2 rings (SSSR count). The number of hydrogen-bond donors (Lipinski definition) is 5. The number of piperazine rings is 1. The van der Waals surface area contributed by atoms with Crippen molar-refractivity contribution in [1.82, 2.24) is 20.9 Å². The number of carbonyl (C=O) groups excluding carboxylic acids is 3. The summed E-state index contributed by atoms with van der Waals surface area (Å²) in [6, 6.07) is 7.44. The molecule has 1 aliphatic heterocycles. The van der Waals surface area contributed by atoms with Crippen molar-refractivity contribution in [2.75, 3.05) is 26.2 Å². The van der Waals surface area contributed by atoms with E-state index in [-0.39, 0.29) is 24.2 Å². The third-order valence-corrected chi connectivity index (χ3v) is 5.63. The Labute approximate surface area is 190 Å². The summed E-state index contributed by atoms with van der Waals surface area (Å²) < 4.78 is 0. The molecule has 0 radical (unpaired) electrons. The van der Waals surface area contributed by atoms with Gasteiger partial charge in [0.05, 0.1) is 12.1 Å². The molecule has 0 aromatic heterocycles. The number of ketones is 1. The van der Waals surface area contributed by atoms with E-state index in [0.29, 0.717) is 26.1 Å². The zero-order chi connectivity index (χ0) is 23.7. The molecular weight excluding hydrogens is 410 g/mol. The van der Waals surface area contributed by atoms with E-state index < -0.39 is 30.1 Å². The average Bonchev–Trinajstić information content (AvgIpc) is 2.77. The number of nitrogens with zero attached hydrogens (tertiary/aromatic N) is 1. The van der Waals surface area contributed by atoms with E-state index in [4.69, 9.17) is 5.73 Å². The maximum atomic E-state index is 13.1. The first-order valence-corrected chi connectivity index (χ1v) is 11.3. The Kier molecular flexibility index (Phi) is 10.2. The second kappa shape index (κ2) is 12.6. The Morgan fingerprint density at radius 1 is 1.19 bits per heavy atom. The van der Waals surface area contributed by atoms with E-state index in [1.54, 1.807) is 13.8 Å². The molecule has 0 aliphatic carbocycles. The van der Waals surface area contributed by atoms with Gasteiger partial charge in [0.25, 0.3) is 0 Å². The van der Waals surface area contributed by atoms with E-state index in [9.17, 15) is 19.5 Å². The standard InChI is InChI=1S/C23H37N5O4/c1-15(2)21(30)18(9-10-24)26-23(32)20(16(3)29)27-22(31)19-13-25-11-12-28(19)14-17-7-5-4-6-8-17/h4-8,15-16,18-20,25,29H,9-14,24H2,1-3H3,(H,26,32)(H,27,31)/t16-,18-,19-,20-/m0/s1. The lowest BCUT2D eigenvalue weighted by atomic mass is 9.98. The van der Waals surface area contributed by atoms with Gasteiger partial charge in [-0.3, -0.25) is 19.3 Å². The Morgan fingerprint density at radius 3 is 2.47 bits per heavy atom. The van der Waals surface area contributed by atoms with E-state index >= 15 is 0 Å². The molecule has 1 saturated heterocycles. The molecule has 4 atom stereocenters. The Balaban J connectivity index is 2.08. The Bertz CT molecular complexity index is 756. The van der Waals surface area contributed by atoms with E-state index in [0.717, 1.165) is 12.1 Å². The number of aliphatic hydroxyl groups excluding tert-OH is 1. The topological polar surface area (TPSA) is 137 Å². The normalized spacial score (nSPS) is 19.8. The van der Waals surface area contributed by atoms with Crippen molar-refractivity contribution in [3.8, 4) is 0 Å². The number of nitrogens with one attached hydrogen (secondary N) is 3. The van der Waals surface area contributed by atoms with Crippen molar-refractivity contribution in [2.24, 2.45) is 11.7 Å². The fraction of sp³-hybridized carbons (Fsp3) is 0.609. The van der Waals surface area contributed by atoms with Crippen molar-refractivity contribution < 1.29 is 19.5 Å². The second-order valence-corrected chi connectivity index (χ2v) is 8.60. The molecule has 0 spiro atoms. The summed E-state index contributed by atoms with van der Waals surface area (Å²) in [6.45, 7) is 7.66. The van der Waals surface area contributed by atoms with Crippen LogP contribution in [-0.4, -0.2) is 78.0 Å². The van der Waals surface area contributed by atoms with Gasteiger partial charge < -0.3 is 26.8 Å². The van der Waals surface area contributed by atoms with Crippen LogP contribution in [0.3, 0.4) is 0 Å². The minimum absolute atomic E-state index is 0.134. The lowest BCUT2D eigenvalue weighted by Gasteiger charge is -2.36. The third-order valence-electron chi connectivity index (χ3n) is 5.63. The van der Waals surface area contributed by atoms with Gasteiger partial charge in [-0.25, -0.2) is 0 Å². The SMILES string of the molecule is CC(C)C(=O)[C@H](CCN)NC(=O)[C@@H](NC(=O)[C@@H]1CNCCN1Cc1ccccc1)[C@H](C)O. The molecule has 0 saturated carbocycles. The highest BCUT2D eigenvalue weighted by atomic mass is 16.3. The van der Waals surface area contributed by atoms with Crippen LogP contribution in [-0.2, 0) is 20.9 Å². The maximum Gasteiger partial charge on any atom is 0.245 e. The van der Waals surface area contributed by atoms with Gasteiger partial charge in [-0.2, -0.15) is 0 Å². The van der Waals surface area contributed by atoms with E-state index in [1.165, 1.54) is 6.92 Å². The van der Waals surface area contributed by atoms with Gasteiger partial charge in [-0.15, -0.1) is 0 Å². The van der Waals surface area contributed by atoms with Crippen LogP contribution in [0.2, 0.25) is 0 Å². The monoisotopic (exact) mass is 447 g/mol. The highest BCUT2D eigenvalue weighted by molar-refractivity contribution is 5.94. The molecule has 0 bridgehead atoms. The lowest BCUT2D eigenvalue weighted by molar-refractivity contribution is -0.136. The van der Waals surface area contributed by atoms with E-state index in [1.807, 2.05) is 30.3 Å². The highest BCUT2D eigenvalue weighted by Gasteiger charge is 2.34. The molecule has 1 heterocycles. The van der Waals surface area contributed by atoms with Crippen LogP contribution in [0.1, 0.15) is 32.8 Å². The molecule has 1 fully saturated rings. The van der Waals surface area contributed by atoms with Crippen LogP contribution in [0, 0.1) is 5.92 Å². The fourth-order valence-corrected chi connectivity index (χ4v) is 3.78. The first-order chi connectivity index (χ1) is 15.2. The third kappa shape index (κ3) is 7.37. The molecule has 9 nitrogen and oxygen atoms in total. The predicted molar refractivity (Wildman–Crippen MR) is 123 cm³/mol. The molecule has 6 N–H and O–H groups in total. The predicted octanol–water partition coefficient (Wildman–Crippen LogP) is -0.615. The summed E-state index contributed by atoms with van der Waals surface area (Å²) in [4.78, 5) is 40.4. The molecule has 178 valence electrons. The minimum atomic E-state index is -1.18. The zero-order valence-electron chi connectivity index (χ0n) is 19.2. The first kappa shape index (κ1) is 25.9. The smallest absolute Gasteiger partial charge is 0.245 e. The van der Waals surface area contributed by atoms with Crippen LogP contribution in [0.25, 0.3) is 0 Å². The maximum absolute atomic E-state index is 13.1. The van der Waals surface area contributed by atoms with Crippen LogP contribution in [0.15, 0.2) is 30.3 Å². The van der Waals surface area contributed by atoms with Gasteiger partial charge in [0, 0.05) is 32.1 Å². The Hall–Kier alpha value is -2.33. The molecule has 1 aromatic rings. The van der Waals surface area contributed by atoms with Crippen molar-refractivity contribution in [2.45, 2.75) is 58.0 Å². The van der Waals surface area contributed by atoms with Gasteiger partial charge in [0.2, 0.25) is 11.8 Å². The van der Waals surface area contributed by atoms with Crippen LogP contribution >= 0.6 is 0 Å². The van der Waals surface area contributed by atoms with Gasteiger partial charge in [0.1, 0.15) is 12.1 Å². The lowest BCUT2D eigenvalue weighted by Crippen LogP contribution is -2.62. The number of benzene rings is 1. The van der Waals surface area contributed by atoms with Gasteiger partial charge in [-0.05, 0) is 25.5 Å². The molecule has 1 aromatic carbocycles. The summed E-state index contributed by atoms with van der Waals surface area (Å²) in [5, 5.41) is 18.8. The second-order valence-electron chi connectivity index (χ2n) is 8.60. The summed E-state index contributed by atoms with van der Waals surface area (Å²) >= 11 is 0.